The molecular weight excluding hydrogens is 340 g/mol. The molecule has 1 aromatic heterocycles. The normalized spacial score (nSPS) is 15.7. The SMILES string of the molecule is CN1CCCN(C(=O)c2ccc(COc3ccc4ccccc4c3)o2)CC1. The van der Waals surface area contributed by atoms with Crippen LogP contribution < -0.4 is 4.74 Å². The molecule has 1 aliphatic rings. The topological polar surface area (TPSA) is 45.9 Å². The summed E-state index contributed by atoms with van der Waals surface area (Å²) in [5.41, 5.74) is 0. The van der Waals surface area contributed by atoms with Crippen molar-refractivity contribution < 1.29 is 13.9 Å². The molecule has 1 saturated heterocycles. The number of rotatable bonds is 4. The van der Waals surface area contributed by atoms with Crippen LogP contribution in [0, 0.1) is 0 Å². The largest absolute Gasteiger partial charge is 0.486 e. The van der Waals surface area contributed by atoms with Crippen LogP contribution >= 0.6 is 0 Å². The molecule has 1 aliphatic heterocycles. The number of carbonyl (C=O) groups excluding carboxylic acids is 1. The first kappa shape index (κ1) is 17.6. The number of furan rings is 1. The zero-order valence-corrected chi connectivity index (χ0v) is 15.6. The fourth-order valence-electron chi connectivity index (χ4n) is 3.39. The van der Waals surface area contributed by atoms with Crippen LogP contribution in [0.15, 0.2) is 59.0 Å². The van der Waals surface area contributed by atoms with Crippen LogP contribution in [-0.2, 0) is 6.61 Å². The van der Waals surface area contributed by atoms with Crippen LogP contribution in [0.2, 0.25) is 0 Å². The third-order valence-corrected chi connectivity index (χ3v) is 4.98. The van der Waals surface area contributed by atoms with Gasteiger partial charge in [0, 0.05) is 19.6 Å². The van der Waals surface area contributed by atoms with Gasteiger partial charge in [-0.15, -0.1) is 0 Å². The molecular formula is C22H24N2O3. The Morgan fingerprint density at radius 3 is 2.74 bits per heavy atom. The average Bonchev–Trinajstić information content (AvgIpc) is 3.07. The van der Waals surface area contributed by atoms with Gasteiger partial charge >= 0.3 is 0 Å². The predicted octanol–water partition coefficient (Wildman–Crippen LogP) is 3.79. The molecule has 0 radical (unpaired) electrons. The van der Waals surface area contributed by atoms with Crippen LogP contribution in [0.4, 0.5) is 0 Å². The molecule has 0 N–H and O–H groups in total. The molecule has 5 heteroatoms. The average molecular weight is 364 g/mol. The summed E-state index contributed by atoms with van der Waals surface area (Å²) in [6, 6.07) is 17.7. The Labute approximate surface area is 159 Å². The summed E-state index contributed by atoms with van der Waals surface area (Å²) in [6.45, 7) is 3.72. The zero-order chi connectivity index (χ0) is 18.6. The number of carbonyl (C=O) groups is 1. The van der Waals surface area contributed by atoms with E-state index in [0.717, 1.165) is 43.7 Å². The van der Waals surface area contributed by atoms with Gasteiger partial charge in [-0.2, -0.15) is 0 Å². The molecule has 0 spiro atoms. The number of fused-ring (bicyclic) bond motifs is 1. The Balaban J connectivity index is 1.39. The van der Waals surface area contributed by atoms with E-state index in [-0.39, 0.29) is 5.91 Å². The van der Waals surface area contributed by atoms with E-state index < -0.39 is 0 Å². The van der Waals surface area contributed by atoms with Crippen molar-refractivity contribution in [3.8, 4) is 5.75 Å². The lowest BCUT2D eigenvalue weighted by Gasteiger charge is -2.19. The van der Waals surface area contributed by atoms with Gasteiger partial charge in [-0.25, -0.2) is 0 Å². The van der Waals surface area contributed by atoms with E-state index in [4.69, 9.17) is 9.15 Å². The van der Waals surface area contributed by atoms with E-state index in [1.807, 2.05) is 41.3 Å². The Bertz CT molecular complexity index is 934. The van der Waals surface area contributed by atoms with Crippen LogP contribution in [0.1, 0.15) is 22.7 Å². The highest BCUT2D eigenvalue weighted by Crippen LogP contribution is 2.22. The maximum Gasteiger partial charge on any atom is 0.289 e. The third-order valence-electron chi connectivity index (χ3n) is 4.98. The highest BCUT2D eigenvalue weighted by atomic mass is 16.5. The van der Waals surface area contributed by atoms with Crippen LogP contribution in [0.25, 0.3) is 10.8 Å². The number of nitrogens with zero attached hydrogens (tertiary/aromatic N) is 2. The first-order valence-electron chi connectivity index (χ1n) is 9.37. The molecule has 0 saturated carbocycles. The van der Waals surface area contributed by atoms with Crippen LogP contribution in [0.5, 0.6) is 5.75 Å². The van der Waals surface area contributed by atoms with E-state index in [0.29, 0.717) is 18.1 Å². The van der Waals surface area contributed by atoms with E-state index >= 15 is 0 Å². The summed E-state index contributed by atoms with van der Waals surface area (Å²) in [4.78, 5) is 16.8. The number of hydrogen-bond donors (Lipinski definition) is 0. The van der Waals surface area contributed by atoms with E-state index in [1.165, 1.54) is 5.39 Å². The summed E-state index contributed by atoms with van der Waals surface area (Å²) in [5, 5.41) is 2.32. The monoisotopic (exact) mass is 364 g/mol. The summed E-state index contributed by atoms with van der Waals surface area (Å²) in [7, 11) is 2.09. The first-order chi connectivity index (χ1) is 13.2. The van der Waals surface area contributed by atoms with Crippen molar-refractivity contribution in [3.05, 3.63) is 66.1 Å². The van der Waals surface area contributed by atoms with Crippen molar-refractivity contribution in [1.29, 1.82) is 0 Å². The molecule has 5 nitrogen and oxygen atoms in total. The quantitative estimate of drug-likeness (QED) is 0.707. The molecule has 1 fully saturated rings. The van der Waals surface area contributed by atoms with Crippen molar-refractivity contribution >= 4 is 16.7 Å². The fourth-order valence-corrected chi connectivity index (χ4v) is 3.39. The van der Waals surface area contributed by atoms with Crippen molar-refractivity contribution in [1.82, 2.24) is 9.80 Å². The maximum absolute atomic E-state index is 12.7. The predicted molar refractivity (Wildman–Crippen MR) is 105 cm³/mol. The van der Waals surface area contributed by atoms with Crippen LogP contribution in [0.3, 0.4) is 0 Å². The lowest BCUT2D eigenvalue weighted by molar-refractivity contribution is 0.0726. The first-order valence-corrected chi connectivity index (χ1v) is 9.37. The van der Waals surface area contributed by atoms with Crippen molar-refractivity contribution in [2.24, 2.45) is 0 Å². The molecule has 2 aromatic carbocycles. The standard InChI is InChI=1S/C22H24N2O3/c1-23-11-4-12-24(14-13-23)22(25)21-10-9-20(27-21)16-26-19-8-7-17-5-2-3-6-18(17)15-19/h2-3,5-10,15H,4,11-14,16H2,1H3. The number of amides is 1. The zero-order valence-electron chi connectivity index (χ0n) is 15.6. The smallest absolute Gasteiger partial charge is 0.289 e. The van der Waals surface area contributed by atoms with Crippen molar-refractivity contribution in [2.45, 2.75) is 13.0 Å². The van der Waals surface area contributed by atoms with Gasteiger partial charge in [0.15, 0.2) is 5.76 Å². The minimum atomic E-state index is -0.0396. The Kier molecular flexibility index (Phi) is 5.12. The fraction of sp³-hybridized carbons (Fsp3) is 0.318. The molecule has 0 aliphatic carbocycles. The van der Waals surface area contributed by atoms with Gasteiger partial charge in [0.05, 0.1) is 0 Å². The van der Waals surface area contributed by atoms with Gasteiger partial charge in [0.25, 0.3) is 5.91 Å². The maximum atomic E-state index is 12.7. The Hall–Kier alpha value is -2.79. The minimum Gasteiger partial charge on any atom is -0.486 e. The third kappa shape index (κ3) is 4.14. The lowest BCUT2D eigenvalue weighted by Crippen LogP contribution is -2.34. The summed E-state index contributed by atoms with van der Waals surface area (Å²) >= 11 is 0. The number of hydrogen-bond acceptors (Lipinski definition) is 4. The highest BCUT2D eigenvalue weighted by molar-refractivity contribution is 5.91. The summed E-state index contributed by atoms with van der Waals surface area (Å²) < 4.78 is 11.6. The molecule has 2 heterocycles. The van der Waals surface area contributed by atoms with Gasteiger partial charge < -0.3 is 19.0 Å². The van der Waals surface area contributed by atoms with E-state index in [9.17, 15) is 4.79 Å². The van der Waals surface area contributed by atoms with Crippen molar-refractivity contribution in [2.75, 3.05) is 33.2 Å². The molecule has 0 atom stereocenters. The second kappa shape index (κ2) is 7.84. The Morgan fingerprint density at radius 2 is 1.85 bits per heavy atom. The lowest BCUT2D eigenvalue weighted by atomic mass is 10.1. The second-order valence-corrected chi connectivity index (χ2v) is 7.01. The van der Waals surface area contributed by atoms with Gasteiger partial charge in [-0.3, -0.25) is 4.79 Å². The number of ether oxygens (including phenoxy) is 1. The molecule has 27 heavy (non-hydrogen) atoms. The van der Waals surface area contributed by atoms with Crippen molar-refractivity contribution in [3.63, 3.8) is 0 Å². The molecule has 0 bridgehead atoms. The highest BCUT2D eigenvalue weighted by Gasteiger charge is 2.21. The second-order valence-electron chi connectivity index (χ2n) is 7.01. The molecule has 1 amide bonds. The summed E-state index contributed by atoms with van der Waals surface area (Å²) in [5.74, 6) is 1.78. The van der Waals surface area contributed by atoms with Gasteiger partial charge in [0.2, 0.25) is 0 Å². The van der Waals surface area contributed by atoms with Gasteiger partial charge in [-0.1, -0.05) is 30.3 Å². The molecule has 3 aromatic rings. The van der Waals surface area contributed by atoms with Gasteiger partial charge in [-0.05, 0) is 55.1 Å². The molecule has 4 rings (SSSR count). The minimum absolute atomic E-state index is 0.0396. The van der Waals surface area contributed by atoms with E-state index in [2.05, 4.69) is 24.1 Å². The van der Waals surface area contributed by atoms with E-state index in [1.54, 1.807) is 6.07 Å². The molecule has 0 unspecified atom stereocenters. The summed E-state index contributed by atoms with van der Waals surface area (Å²) in [6.07, 6.45) is 0.987. The van der Waals surface area contributed by atoms with Gasteiger partial charge in [0.1, 0.15) is 18.1 Å². The Morgan fingerprint density at radius 1 is 1.00 bits per heavy atom. The number of benzene rings is 2. The van der Waals surface area contributed by atoms with Crippen LogP contribution in [-0.4, -0.2) is 48.9 Å². The number of likely N-dealkylation sites (N-methyl/N-ethyl adjacent to an activating group) is 1. The molecule has 140 valence electrons.